The van der Waals surface area contributed by atoms with E-state index in [1.165, 1.54) is 12.0 Å². The average Bonchev–Trinajstić information content (AvgIpc) is 3.23. The van der Waals surface area contributed by atoms with Gasteiger partial charge >= 0.3 is 0 Å². The van der Waals surface area contributed by atoms with Gasteiger partial charge in [0.25, 0.3) is 0 Å². The summed E-state index contributed by atoms with van der Waals surface area (Å²) in [5.41, 5.74) is 2.39. The number of rotatable bonds is 2. The molecule has 0 N–H and O–H groups in total. The van der Waals surface area contributed by atoms with Crippen LogP contribution >= 0.6 is 0 Å². The van der Waals surface area contributed by atoms with E-state index in [0.717, 1.165) is 11.1 Å². The molecule has 3 aliphatic rings. The van der Waals surface area contributed by atoms with E-state index < -0.39 is 23.7 Å². The Kier molecular flexibility index (Phi) is 2.62. The van der Waals surface area contributed by atoms with Crippen molar-refractivity contribution in [2.75, 3.05) is 12.0 Å². The summed E-state index contributed by atoms with van der Waals surface area (Å²) >= 11 is 0. The van der Waals surface area contributed by atoms with Crippen LogP contribution in [-0.2, 0) is 24.8 Å². The fourth-order valence-electron chi connectivity index (χ4n) is 4.40. The maximum Gasteiger partial charge on any atom is 0.243 e. The van der Waals surface area contributed by atoms with Crippen molar-refractivity contribution in [3.05, 3.63) is 65.7 Å². The molecule has 2 aromatic carbocycles. The second-order valence-corrected chi connectivity index (χ2v) is 6.35. The highest BCUT2D eigenvalue weighted by molar-refractivity contribution is 6.23. The van der Waals surface area contributed by atoms with Crippen LogP contribution in [0.15, 0.2) is 54.6 Å². The molecular weight excluding hydrogens is 306 g/mol. The monoisotopic (exact) mass is 321 g/mol. The molecule has 3 aliphatic heterocycles. The van der Waals surface area contributed by atoms with Crippen LogP contribution in [-0.4, -0.2) is 18.9 Å². The van der Waals surface area contributed by atoms with Crippen molar-refractivity contribution in [3.8, 4) is 0 Å². The summed E-state index contributed by atoms with van der Waals surface area (Å²) in [6, 6.07) is 16.7. The Hall–Kier alpha value is -2.50. The van der Waals surface area contributed by atoms with Gasteiger partial charge in [-0.05, 0) is 17.7 Å². The number of methoxy groups -OCH3 is 1. The maximum absolute atomic E-state index is 13.1. The molecule has 5 rings (SSSR count). The third-order valence-electron chi connectivity index (χ3n) is 5.35. The summed E-state index contributed by atoms with van der Waals surface area (Å²) in [4.78, 5) is 27.4. The van der Waals surface area contributed by atoms with E-state index >= 15 is 0 Å². The summed E-state index contributed by atoms with van der Waals surface area (Å²) in [6.07, 6.45) is -0.434. The van der Waals surface area contributed by atoms with Gasteiger partial charge < -0.3 is 9.47 Å². The molecule has 2 amide bonds. The zero-order valence-corrected chi connectivity index (χ0v) is 13.0. The Morgan fingerprint density at radius 2 is 1.71 bits per heavy atom. The van der Waals surface area contributed by atoms with Gasteiger partial charge in [0.2, 0.25) is 17.6 Å². The van der Waals surface area contributed by atoms with Crippen LogP contribution in [0.1, 0.15) is 17.2 Å². The Bertz CT molecular complexity index is 865. The molecule has 0 aliphatic carbocycles. The number of anilines is 1. The summed E-state index contributed by atoms with van der Waals surface area (Å²) in [5, 5.41) is 0. The van der Waals surface area contributed by atoms with Crippen molar-refractivity contribution in [2.45, 2.75) is 11.9 Å². The first-order valence-electron chi connectivity index (χ1n) is 7.94. The van der Waals surface area contributed by atoms with Crippen molar-refractivity contribution in [2.24, 2.45) is 11.8 Å². The number of carbonyl (C=O) groups is 2. The van der Waals surface area contributed by atoms with Gasteiger partial charge in [-0.25, -0.2) is 4.90 Å². The minimum atomic E-state index is -1.16. The molecule has 3 heterocycles. The normalized spacial score (nSPS) is 33.0. The zero-order valence-electron chi connectivity index (χ0n) is 13.0. The summed E-state index contributed by atoms with van der Waals surface area (Å²) in [7, 11) is 1.53. The van der Waals surface area contributed by atoms with E-state index in [9.17, 15) is 9.59 Å². The molecule has 2 saturated heterocycles. The van der Waals surface area contributed by atoms with E-state index in [0.29, 0.717) is 5.69 Å². The molecule has 2 unspecified atom stereocenters. The first-order chi connectivity index (χ1) is 11.7. The summed E-state index contributed by atoms with van der Waals surface area (Å²) < 4.78 is 11.8. The van der Waals surface area contributed by atoms with Crippen molar-refractivity contribution < 1.29 is 19.1 Å². The minimum Gasteiger partial charge on any atom is -0.349 e. The van der Waals surface area contributed by atoms with Crippen molar-refractivity contribution in [1.29, 1.82) is 0 Å². The average molecular weight is 321 g/mol. The fourth-order valence-corrected chi connectivity index (χ4v) is 4.40. The highest BCUT2D eigenvalue weighted by atomic mass is 16.7. The fraction of sp³-hybridized carbons (Fsp3) is 0.263. The molecule has 5 nitrogen and oxygen atoms in total. The van der Waals surface area contributed by atoms with Crippen LogP contribution < -0.4 is 4.90 Å². The van der Waals surface area contributed by atoms with Crippen LogP contribution in [0.4, 0.5) is 5.69 Å². The van der Waals surface area contributed by atoms with Gasteiger partial charge in [-0.2, -0.15) is 0 Å². The van der Waals surface area contributed by atoms with Crippen molar-refractivity contribution in [1.82, 2.24) is 0 Å². The van der Waals surface area contributed by atoms with Gasteiger partial charge in [-0.1, -0.05) is 42.5 Å². The molecule has 2 bridgehead atoms. The van der Waals surface area contributed by atoms with E-state index in [-0.39, 0.29) is 11.8 Å². The quantitative estimate of drug-likeness (QED) is 0.797. The minimum absolute atomic E-state index is 0.213. The van der Waals surface area contributed by atoms with Crippen LogP contribution in [0.5, 0.6) is 0 Å². The number of imide groups is 1. The third-order valence-corrected chi connectivity index (χ3v) is 5.35. The van der Waals surface area contributed by atoms with Gasteiger partial charge in [0.15, 0.2) is 0 Å². The van der Waals surface area contributed by atoms with E-state index in [1.807, 2.05) is 42.5 Å². The first kappa shape index (κ1) is 13.9. The molecule has 4 atom stereocenters. The molecule has 0 radical (unpaired) electrons. The van der Waals surface area contributed by atoms with Crippen LogP contribution in [0.3, 0.4) is 0 Å². The molecule has 0 saturated carbocycles. The molecule has 2 fully saturated rings. The lowest BCUT2D eigenvalue weighted by Gasteiger charge is -2.30. The van der Waals surface area contributed by atoms with E-state index in [2.05, 4.69) is 0 Å². The number of nitrogens with zero attached hydrogens (tertiary/aromatic N) is 1. The third kappa shape index (κ3) is 1.42. The Morgan fingerprint density at radius 1 is 1.00 bits per heavy atom. The Morgan fingerprint density at radius 3 is 2.46 bits per heavy atom. The van der Waals surface area contributed by atoms with Crippen LogP contribution in [0, 0.1) is 11.8 Å². The van der Waals surface area contributed by atoms with Crippen molar-refractivity contribution in [3.63, 3.8) is 0 Å². The highest BCUT2D eigenvalue weighted by Gasteiger charge is 2.72. The lowest BCUT2D eigenvalue weighted by atomic mass is 9.75. The lowest BCUT2D eigenvalue weighted by molar-refractivity contribution is -0.225. The number of fused-ring (bicyclic) bond motifs is 8. The Labute approximate surface area is 138 Å². The maximum atomic E-state index is 13.1. The lowest BCUT2D eigenvalue weighted by Crippen LogP contribution is -2.41. The van der Waals surface area contributed by atoms with Gasteiger partial charge in [-0.3, -0.25) is 9.59 Å². The highest BCUT2D eigenvalue weighted by Crippen LogP contribution is 2.64. The standard InChI is InChI=1S/C19H15NO4/c1-23-19-13-10-6-5-9-12(13)16(24-19)14-15(19)18(22)20(17(14)21)11-7-3-2-4-8-11/h2-10,14-16H,1H3/t14?,15?,16-,19+/m0/s1. The number of benzene rings is 2. The summed E-state index contributed by atoms with van der Waals surface area (Å²) in [6.45, 7) is 0. The first-order valence-corrected chi connectivity index (χ1v) is 7.94. The Balaban J connectivity index is 1.68. The zero-order chi connectivity index (χ0) is 16.5. The number of ether oxygens (including phenoxy) is 2. The van der Waals surface area contributed by atoms with Gasteiger partial charge in [-0.15, -0.1) is 0 Å². The largest absolute Gasteiger partial charge is 0.349 e. The molecule has 5 heteroatoms. The summed E-state index contributed by atoms with van der Waals surface area (Å²) in [5.74, 6) is -2.81. The van der Waals surface area contributed by atoms with Gasteiger partial charge in [0, 0.05) is 12.7 Å². The molecular formula is C19H15NO4. The topological polar surface area (TPSA) is 55.8 Å². The van der Waals surface area contributed by atoms with Crippen LogP contribution in [0.2, 0.25) is 0 Å². The van der Waals surface area contributed by atoms with Crippen LogP contribution in [0.25, 0.3) is 0 Å². The number of hydrogen-bond donors (Lipinski definition) is 0. The second-order valence-electron chi connectivity index (χ2n) is 6.35. The van der Waals surface area contributed by atoms with E-state index in [1.54, 1.807) is 12.1 Å². The molecule has 0 spiro atoms. The van der Waals surface area contributed by atoms with Gasteiger partial charge in [0.1, 0.15) is 5.92 Å². The number of hydrogen-bond acceptors (Lipinski definition) is 4. The molecule has 120 valence electrons. The molecule has 2 aromatic rings. The number of carbonyl (C=O) groups excluding carboxylic acids is 2. The SMILES string of the molecule is CO[C@@]12O[C@@H](c3ccccc31)C1C(=O)N(c3ccccc3)C(=O)C12. The van der Waals surface area contributed by atoms with Crippen molar-refractivity contribution >= 4 is 17.5 Å². The van der Waals surface area contributed by atoms with E-state index in [4.69, 9.17) is 9.47 Å². The molecule has 0 aromatic heterocycles. The molecule has 24 heavy (non-hydrogen) atoms. The number of para-hydroxylation sites is 1. The van der Waals surface area contributed by atoms with Gasteiger partial charge in [0.05, 0.1) is 17.7 Å². The second kappa shape index (κ2) is 4.53. The predicted molar refractivity (Wildman–Crippen MR) is 84.9 cm³/mol. The predicted octanol–water partition coefficient (Wildman–Crippen LogP) is 2.38. The number of amides is 2. The smallest absolute Gasteiger partial charge is 0.243 e.